The van der Waals surface area contributed by atoms with E-state index in [9.17, 15) is 13.2 Å². The molecule has 2 aliphatic rings. The summed E-state index contributed by atoms with van der Waals surface area (Å²) in [6.07, 6.45) is 7.45. The fraction of sp³-hybridized carbons (Fsp3) is 0.786. The number of hydrogen-bond acceptors (Lipinski definition) is 4. The van der Waals surface area contributed by atoms with E-state index < -0.39 is 9.84 Å². The van der Waals surface area contributed by atoms with Gasteiger partial charge in [0.1, 0.15) is 0 Å². The van der Waals surface area contributed by atoms with E-state index in [1.54, 1.807) is 4.90 Å². The molecule has 112 valence electrons. The molecule has 2 heterocycles. The number of carbonyl (C=O) groups is 1. The Bertz CT molecular complexity index is 509. The topological polar surface area (TPSA) is 66.5 Å². The predicted octanol–water partition coefficient (Wildman–Crippen LogP) is 0.0234. The normalized spacial score (nSPS) is 32.5. The molecule has 20 heavy (non-hydrogen) atoms. The number of sulfone groups is 1. The van der Waals surface area contributed by atoms with Gasteiger partial charge in [0.2, 0.25) is 5.91 Å². The molecular formula is C14H22N2O3S. The molecule has 2 rings (SSSR count). The number of terminal acetylenes is 1. The standard InChI is InChI=1S/C14H22N2O3S/c1-3-7-16(13-5-8-20(18,19)10-13)14(17)12-4-6-15-11(2)9-12/h1,11-13,15H,4-10H2,2H3. The van der Waals surface area contributed by atoms with Crippen LogP contribution in [-0.2, 0) is 14.6 Å². The second-order valence-electron chi connectivity index (χ2n) is 5.80. The van der Waals surface area contributed by atoms with Gasteiger partial charge in [0, 0.05) is 18.0 Å². The van der Waals surface area contributed by atoms with Gasteiger partial charge in [-0.25, -0.2) is 8.42 Å². The number of amides is 1. The summed E-state index contributed by atoms with van der Waals surface area (Å²) in [5.74, 6) is 2.70. The third-order valence-corrected chi connectivity index (χ3v) is 5.92. The van der Waals surface area contributed by atoms with Crippen LogP contribution in [0.2, 0.25) is 0 Å². The summed E-state index contributed by atoms with van der Waals surface area (Å²) in [4.78, 5) is 14.3. The van der Waals surface area contributed by atoms with Gasteiger partial charge in [-0.2, -0.15) is 0 Å². The van der Waals surface area contributed by atoms with Crippen molar-refractivity contribution in [1.82, 2.24) is 10.2 Å². The maximum Gasteiger partial charge on any atom is 0.226 e. The fourth-order valence-corrected chi connectivity index (χ4v) is 4.83. The summed E-state index contributed by atoms with van der Waals surface area (Å²) < 4.78 is 23.2. The predicted molar refractivity (Wildman–Crippen MR) is 77.8 cm³/mol. The Kier molecular flexibility index (Phi) is 4.71. The fourth-order valence-electron chi connectivity index (χ4n) is 3.10. The van der Waals surface area contributed by atoms with Crippen molar-refractivity contribution in [2.45, 2.75) is 38.3 Å². The van der Waals surface area contributed by atoms with E-state index >= 15 is 0 Å². The minimum absolute atomic E-state index is 0.0263. The molecule has 1 amide bonds. The first-order chi connectivity index (χ1) is 9.43. The van der Waals surface area contributed by atoms with Crippen LogP contribution in [0.5, 0.6) is 0 Å². The summed E-state index contributed by atoms with van der Waals surface area (Å²) in [6.45, 7) is 3.09. The molecule has 2 saturated heterocycles. The molecule has 0 radical (unpaired) electrons. The van der Waals surface area contributed by atoms with Crippen LogP contribution in [0.15, 0.2) is 0 Å². The number of hydrogen-bond donors (Lipinski definition) is 1. The summed E-state index contributed by atoms with van der Waals surface area (Å²) in [5.41, 5.74) is 0. The maximum absolute atomic E-state index is 12.6. The Morgan fingerprint density at radius 1 is 1.45 bits per heavy atom. The molecule has 2 aliphatic heterocycles. The van der Waals surface area contributed by atoms with Crippen LogP contribution < -0.4 is 5.32 Å². The molecule has 0 aromatic carbocycles. The lowest BCUT2D eigenvalue weighted by Crippen LogP contribution is -2.48. The first-order valence-electron chi connectivity index (χ1n) is 7.10. The zero-order valence-corrected chi connectivity index (χ0v) is 12.7. The highest BCUT2D eigenvalue weighted by Crippen LogP contribution is 2.24. The Morgan fingerprint density at radius 3 is 2.75 bits per heavy atom. The number of carbonyl (C=O) groups excluding carboxylic acids is 1. The molecule has 3 atom stereocenters. The Balaban J connectivity index is 2.08. The minimum Gasteiger partial charge on any atom is -0.327 e. The summed E-state index contributed by atoms with van der Waals surface area (Å²) in [7, 11) is -3.01. The van der Waals surface area contributed by atoms with Gasteiger partial charge in [-0.3, -0.25) is 4.79 Å². The quantitative estimate of drug-likeness (QED) is 0.746. The van der Waals surface area contributed by atoms with Crippen molar-refractivity contribution in [3.63, 3.8) is 0 Å². The highest BCUT2D eigenvalue weighted by atomic mass is 32.2. The minimum atomic E-state index is -3.01. The lowest BCUT2D eigenvalue weighted by atomic mass is 9.91. The third kappa shape index (κ3) is 3.53. The maximum atomic E-state index is 12.6. The lowest BCUT2D eigenvalue weighted by Gasteiger charge is -2.34. The van der Waals surface area contributed by atoms with E-state index in [-0.39, 0.29) is 35.9 Å². The highest BCUT2D eigenvalue weighted by molar-refractivity contribution is 7.91. The smallest absolute Gasteiger partial charge is 0.226 e. The molecule has 0 bridgehead atoms. The molecule has 0 aromatic heterocycles. The van der Waals surface area contributed by atoms with E-state index in [2.05, 4.69) is 18.2 Å². The van der Waals surface area contributed by atoms with E-state index in [0.29, 0.717) is 12.5 Å². The van der Waals surface area contributed by atoms with Gasteiger partial charge in [0.25, 0.3) is 0 Å². The first-order valence-corrected chi connectivity index (χ1v) is 8.93. The molecule has 0 aliphatic carbocycles. The van der Waals surface area contributed by atoms with Crippen LogP contribution in [0.1, 0.15) is 26.2 Å². The zero-order chi connectivity index (χ0) is 14.8. The molecule has 5 nitrogen and oxygen atoms in total. The average molecular weight is 298 g/mol. The van der Waals surface area contributed by atoms with Gasteiger partial charge < -0.3 is 10.2 Å². The van der Waals surface area contributed by atoms with Gasteiger partial charge in [0.15, 0.2) is 9.84 Å². The largest absolute Gasteiger partial charge is 0.327 e. The SMILES string of the molecule is C#CCN(C(=O)C1CCNC(C)C1)C1CCS(=O)(=O)C1. The highest BCUT2D eigenvalue weighted by Gasteiger charge is 2.37. The van der Waals surface area contributed by atoms with Gasteiger partial charge in [-0.15, -0.1) is 6.42 Å². The van der Waals surface area contributed by atoms with Gasteiger partial charge in [-0.1, -0.05) is 5.92 Å². The van der Waals surface area contributed by atoms with Gasteiger partial charge in [0.05, 0.1) is 18.1 Å². The molecule has 1 N–H and O–H groups in total. The lowest BCUT2D eigenvalue weighted by molar-refractivity contribution is -0.137. The average Bonchev–Trinajstić information content (AvgIpc) is 2.75. The van der Waals surface area contributed by atoms with E-state index in [1.807, 2.05) is 0 Å². The van der Waals surface area contributed by atoms with Crippen LogP contribution >= 0.6 is 0 Å². The Labute approximate surface area is 121 Å². The Morgan fingerprint density at radius 2 is 2.20 bits per heavy atom. The molecule has 0 aromatic rings. The zero-order valence-electron chi connectivity index (χ0n) is 11.8. The van der Waals surface area contributed by atoms with Crippen LogP contribution in [0.4, 0.5) is 0 Å². The van der Waals surface area contributed by atoms with Crippen molar-refractivity contribution in [3.8, 4) is 12.3 Å². The molecule has 0 spiro atoms. The summed E-state index contributed by atoms with van der Waals surface area (Å²) >= 11 is 0. The number of nitrogens with one attached hydrogen (secondary N) is 1. The van der Waals surface area contributed by atoms with Gasteiger partial charge >= 0.3 is 0 Å². The Hall–Kier alpha value is -1.06. The van der Waals surface area contributed by atoms with Crippen LogP contribution in [0.3, 0.4) is 0 Å². The van der Waals surface area contributed by atoms with Crippen molar-refractivity contribution in [2.24, 2.45) is 5.92 Å². The van der Waals surface area contributed by atoms with E-state index in [1.165, 1.54) is 0 Å². The van der Waals surface area contributed by atoms with Gasteiger partial charge in [-0.05, 0) is 32.7 Å². The number of rotatable bonds is 3. The first kappa shape index (κ1) is 15.3. The van der Waals surface area contributed by atoms with E-state index in [0.717, 1.165) is 19.4 Å². The monoisotopic (exact) mass is 298 g/mol. The van der Waals surface area contributed by atoms with Crippen molar-refractivity contribution in [3.05, 3.63) is 0 Å². The van der Waals surface area contributed by atoms with Crippen LogP contribution in [-0.4, -0.2) is 55.9 Å². The molecule has 6 heteroatoms. The van der Waals surface area contributed by atoms with Crippen LogP contribution in [0.25, 0.3) is 0 Å². The molecule has 3 unspecified atom stereocenters. The van der Waals surface area contributed by atoms with Crippen molar-refractivity contribution >= 4 is 15.7 Å². The van der Waals surface area contributed by atoms with Crippen molar-refractivity contribution in [1.29, 1.82) is 0 Å². The molecular weight excluding hydrogens is 276 g/mol. The molecule has 2 fully saturated rings. The number of nitrogens with zero attached hydrogens (tertiary/aromatic N) is 1. The van der Waals surface area contributed by atoms with Crippen molar-refractivity contribution in [2.75, 3.05) is 24.6 Å². The van der Waals surface area contributed by atoms with E-state index in [4.69, 9.17) is 6.42 Å². The summed E-state index contributed by atoms with van der Waals surface area (Å²) in [6, 6.07) is 0.0754. The van der Waals surface area contributed by atoms with Crippen molar-refractivity contribution < 1.29 is 13.2 Å². The molecule has 0 saturated carbocycles. The second-order valence-corrected chi connectivity index (χ2v) is 8.03. The van der Waals surface area contributed by atoms with Crippen LogP contribution in [0, 0.1) is 18.3 Å². The summed E-state index contributed by atoms with van der Waals surface area (Å²) in [5, 5.41) is 3.31. The second kappa shape index (κ2) is 6.15. The third-order valence-electron chi connectivity index (χ3n) is 4.17. The number of piperidine rings is 1.